The molecule has 12 nitrogen and oxygen atoms in total. The Morgan fingerprint density at radius 2 is 2.10 bits per heavy atom. The SMILES string of the molecule is C=CC1C(OC2(CO)OC(CO)C34OC=c5[n-]ccc5=C3CCC2(O)C4O)CC=C(C(=O)OC)C1CC(=O)O. The third-order valence-electron chi connectivity index (χ3n) is 8.65. The molecule has 0 radical (unpaired) electrons. The fourth-order valence-corrected chi connectivity index (χ4v) is 6.77. The molecule has 8 atom stereocenters. The molecular weight excluding hydrogens is 514 g/mol. The highest BCUT2D eigenvalue weighted by molar-refractivity contribution is 5.90. The Balaban J connectivity index is 1.56. The highest BCUT2D eigenvalue weighted by Gasteiger charge is 2.74. The first kappa shape index (κ1) is 27.6. The molecule has 2 aliphatic carbocycles. The molecule has 1 aromatic heterocycles. The molecule has 2 fully saturated rings. The molecule has 4 aliphatic rings. The number of methoxy groups -OCH3 is 1. The molecule has 8 unspecified atom stereocenters. The van der Waals surface area contributed by atoms with Gasteiger partial charge in [-0.25, -0.2) is 4.79 Å². The quantitative estimate of drug-likeness (QED) is 0.179. The summed E-state index contributed by atoms with van der Waals surface area (Å²) in [7, 11) is 1.19. The molecule has 5 rings (SSSR count). The fourth-order valence-electron chi connectivity index (χ4n) is 6.77. The highest BCUT2D eigenvalue weighted by Crippen LogP contribution is 2.56. The van der Waals surface area contributed by atoms with Gasteiger partial charge >= 0.3 is 11.9 Å². The van der Waals surface area contributed by atoms with E-state index >= 15 is 0 Å². The normalized spacial score (nSPS) is 38.8. The van der Waals surface area contributed by atoms with Gasteiger partial charge in [-0.05, 0) is 30.1 Å². The van der Waals surface area contributed by atoms with Gasteiger partial charge in [-0.3, -0.25) is 4.79 Å². The number of ether oxygens (including phenoxy) is 4. The van der Waals surface area contributed by atoms with Crippen LogP contribution in [0.25, 0.3) is 11.8 Å². The van der Waals surface area contributed by atoms with E-state index in [2.05, 4.69) is 11.6 Å². The summed E-state index contributed by atoms with van der Waals surface area (Å²) in [6, 6.07) is 1.76. The second-order valence-electron chi connectivity index (χ2n) is 10.3. The summed E-state index contributed by atoms with van der Waals surface area (Å²) >= 11 is 0. The maximum absolute atomic E-state index is 12.4. The van der Waals surface area contributed by atoms with E-state index < -0.39 is 78.7 Å². The van der Waals surface area contributed by atoms with Gasteiger partial charge in [0.1, 0.15) is 18.8 Å². The molecule has 0 amide bonds. The predicted molar refractivity (Wildman–Crippen MR) is 132 cm³/mol. The Morgan fingerprint density at radius 1 is 1.33 bits per heavy atom. The average molecular weight is 547 g/mol. The summed E-state index contributed by atoms with van der Waals surface area (Å²) in [4.78, 5) is 28.3. The number of carboxylic acid groups (broad SMARTS) is 1. The van der Waals surface area contributed by atoms with Crippen LogP contribution in [-0.4, -0.2) is 93.1 Å². The second kappa shape index (κ2) is 9.88. The van der Waals surface area contributed by atoms with E-state index in [9.17, 15) is 35.1 Å². The van der Waals surface area contributed by atoms with E-state index in [0.29, 0.717) is 16.1 Å². The molecule has 12 heteroatoms. The number of esters is 1. The number of nitrogens with zero attached hydrogens (tertiary/aromatic N) is 1. The van der Waals surface area contributed by atoms with Crippen molar-refractivity contribution in [2.45, 2.75) is 61.0 Å². The van der Waals surface area contributed by atoms with E-state index in [1.165, 1.54) is 25.5 Å². The lowest BCUT2D eigenvalue weighted by molar-refractivity contribution is -0.434. The van der Waals surface area contributed by atoms with Gasteiger partial charge < -0.3 is 49.5 Å². The van der Waals surface area contributed by atoms with Crippen molar-refractivity contribution in [3.8, 4) is 0 Å². The zero-order valence-electron chi connectivity index (χ0n) is 21.4. The number of rotatable bonds is 8. The molecule has 1 saturated carbocycles. The first-order chi connectivity index (χ1) is 18.6. The molecule has 212 valence electrons. The zero-order valence-corrected chi connectivity index (χ0v) is 21.4. The van der Waals surface area contributed by atoms with E-state index in [1.807, 2.05) is 0 Å². The van der Waals surface area contributed by atoms with Crippen LogP contribution in [0.3, 0.4) is 0 Å². The van der Waals surface area contributed by atoms with Crippen molar-refractivity contribution in [2.75, 3.05) is 20.3 Å². The summed E-state index contributed by atoms with van der Waals surface area (Å²) in [6.45, 7) is 2.25. The number of aromatic nitrogens is 1. The Morgan fingerprint density at radius 3 is 2.74 bits per heavy atom. The average Bonchev–Trinajstić information content (AvgIpc) is 3.40. The lowest BCUT2D eigenvalue weighted by atomic mass is 9.61. The van der Waals surface area contributed by atoms with E-state index in [-0.39, 0.29) is 24.8 Å². The number of carbonyl (C=O) groups is 2. The summed E-state index contributed by atoms with van der Waals surface area (Å²) < 4.78 is 23.3. The topological polar surface area (TPSA) is 186 Å². The lowest BCUT2D eigenvalue weighted by Crippen LogP contribution is -2.82. The van der Waals surface area contributed by atoms with Crippen molar-refractivity contribution >= 4 is 23.8 Å². The molecule has 3 heterocycles. The summed E-state index contributed by atoms with van der Waals surface area (Å²) in [5, 5.41) is 55.7. The summed E-state index contributed by atoms with van der Waals surface area (Å²) in [6.07, 6.45) is 1.74. The Labute approximate surface area is 223 Å². The van der Waals surface area contributed by atoms with Crippen molar-refractivity contribution in [1.82, 2.24) is 4.98 Å². The van der Waals surface area contributed by atoms with Crippen LogP contribution in [0.4, 0.5) is 0 Å². The van der Waals surface area contributed by atoms with Crippen LogP contribution >= 0.6 is 0 Å². The number of carbonyl (C=O) groups excluding carboxylic acids is 1. The second-order valence-corrected chi connectivity index (χ2v) is 10.3. The Bertz CT molecular complexity index is 1320. The monoisotopic (exact) mass is 546 g/mol. The smallest absolute Gasteiger partial charge is 0.333 e. The standard InChI is InChI=1S/C27H32NO11/c1-3-14-17(10-22(31)32)15(23(33)36-2)4-5-20(14)38-26(13-30)25(35)8-6-18-16-7-9-28-19(16)12-37-27(18,24(25)34)21(11-29)39-26/h3-4,7,9,12,14,17,20-21,24,29-30,34-35H,1,5-6,8,10-11,13H2,2H3,(H,31,32)/q-1. The van der Waals surface area contributed by atoms with Gasteiger partial charge in [0.15, 0.2) is 11.2 Å². The molecule has 2 aliphatic heterocycles. The Kier molecular flexibility index (Phi) is 6.98. The van der Waals surface area contributed by atoms with Gasteiger partial charge in [0.2, 0.25) is 5.79 Å². The molecule has 39 heavy (non-hydrogen) atoms. The first-order valence-corrected chi connectivity index (χ1v) is 12.7. The van der Waals surface area contributed by atoms with Crippen molar-refractivity contribution in [3.05, 3.63) is 47.1 Å². The maximum atomic E-state index is 12.4. The van der Waals surface area contributed by atoms with Crippen molar-refractivity contribution in [3.63, 3.8) is 0 Å². The lowest BCUT2D eigenvalue weighted by Gasteiger charge is -2.64. The third kappa shape index (κ3) is 3.81. The fraction of sp³-hybridized carbons (Fsp3) is 0.556. The molecule has 2 bridgehead atoms. The van der Waals surface area contributed by atoms with Gasteiger partial charge in [0.25, 0.3) is 0 Å². The van der Waals surface area contributed by atoms with Gasteiger partial charge in [-0.1, -0.05) is 23.6 Å². The zero-order chi connectivity index (χ0) is 28.2. The van der Waals surface area contributed by atoms with Gasteiger partial charge in [-0.15, -0.1) is 6.58 Å². The minimum Gasteiger partial charge on any atom is -0.661 e. The number of carboxylic acids is 1. The van der Waals surface area contributed by atoms with Crippen LogP contribution in [0.5, 0.6) is 0 Å². The predicted octanol–water partition coefficient (Wildman–Crippen LogP) is -1.95. The molecule has 5 N–H and O–H groups in total. The molecule has 0 aromatic carbocycles. The first-order valence-electron chi connectivity index (χ1n) is 12.7. The summed E-state index contributed by atoms with van der Waals surface area (Å²) in [5.41, 5.74) is -3.11. The number of aliphatic carboxylic acids is 1. The maximum Gasteiger partial charge on any atom is 0.333 e. The van der Waals surface area contributed by atoms with Crippen LogP contribution in [0, 0.1) is 11.8 Å². The van der Waals surface area contributed by atoms with E-state index in [0.717, 1.165) is 0 Å². The molecule has 1 spiro atoms. The number of hydrogen-bond donors (Lipinski definition) is 5. The van der Waals surface area contributed by atoms with Gasteiger partial charge in [0.05, 0.1) is 32.5 Å². The van der Waals surface area contributed by atoms with E-state index in [1.54, 1.807) is 12.3 Å². The minimum absolute atomic E-state index is 0.0632. The highest BCUT2D eigenvalue weighted by atomic mass is 16.7. The third-order valence-corrected chi connectivity index (χ3v) is 8.65. The molecule has 1 saturated heterocycles. The van der Waals surface area contributed by atoms with Crippen LogP contribution in [0.15, 0.2) is 36.6 Å². The van der Waals surface area contributed by atoms with Crippen LogP contribution in [-0.2, 0) is 28.5 Å². The van der Waals surface area contributed by atoms with Crippen molar-refractivity contribution in [1.29, 1.82) is 0 Å². The number of aliphatic hydroxyl groups is 4. The van der Waals surface area contributed by atoms with Gasteiger partial charge in [-0.2, -0.15) is 6.20 Å². The summed E-state index contributed by atoms with van der Waals surface area (Å²) in [5.74, 6) is -5.72. The minimum atomic E-state index is -2.24. The van der Waals surface area contributed by atoms with Crippen molar-refractivity contribution in [2.24, 2.45) is 11.8 Å². The van der Waals surface area contributed by atoms with E-state index in [4.69, 9.17) is 18.9 Å². The number of aliphatic hydroxyl groups excluding tert-OH is 3. The van der Waals surface area contributed by atoms with Crippen LogP contribution < -0.4 is 15.6 Å². The van der Waals surface area contributed by atoms with Crippen LogP contribution in [0.2, 0.25) is 0 Å². The number of fused-ring (bicyclic) bond motifs is 2. The van der Waals surface area contributed by atoms with Gasteiger partial charge in [0, 0.05) is 17.4 Å². The Hall–Kier alpha value is -3.00. The molecule has 1 aromatic rings. The van der Waals surface area contributed by atoms with Crippen LogP contribution in [0.1, 0.15) is 25.7 Å². The molecular formula is C27H32NO11-. The number of hydrogen-bond acceptors (Lipinski definition) is 10. The largest absolute Gasteiger partial charge is 0.661 e. The van der Waals surface area contributed by atoms with Crippen molar-refractivity contribution < 1.29 is 54.1 Å².